The molecule has 0 saturated heterocycles. The smallest absolute Gasteiger partial charge is 0.193 e. The Kier molecular flexibility index (Phi) is 5.02. The molecule has 30 heavy (non-hydrogen) atoms. The number of nitrogens with zero attached hydrogens (tertiary/aromatic N) is 2. The molecule has 2 aromatic carbocycles. The fraction of sp³-hybridized carbons (Fsp3) is 0.0800. The quantitative estimate of drug-likeness (QED) is 0.471. The number of aryl methyl sites for hydroxylation is 2. The van der Waals surface area contributed by atoms with Crippen LogP contribution in [0.2, 0.25) is 0 Å². The summed E-state index contributed by atoms with van der Waals surface area (Å²) < 4.78 is 0. The molecule has 2 heterocycles. The van der Waals surface area contributed by atoms with Crippen LogP contribution in [0.15, 0.2) is 72.8 Å². The lowest BCUT2D eigenvalue weighted by molar-refractivity contribution is 0.103. The van der Waals surface area contributed by atoms with E-state index in [1.54, 1.807) is 72.8 Å². The Hall–Kier alpha value is -3.99. The summed E-state index contributed by atoms with van der Waals surface area (Å²) in [6.07, 6.45) is 0. The molecule has 2 N–H and O–H groups in total. The molecule has 0 radical (unpaired) electrons. The first-order valence-corrected chi connectivity index (χ1v) is 9.51. The highest BCUT2D eigenvalue weighted by atomic mass is 16.3. The van der Waals surface area contributed by atoms with E-state index < -0.39 is 0 Å². The number of pyridine rings is 2. The summed E-state index contributed by atoms with van der Waals surface area (Å²) in [4.78, 5) is 21.6. The van der Waals surface area contributed by atoms with E-state index in [1.165, 1.54) is 0 Å². The molecule has 0 aliphatic carbocycles. The number of carbonyl (C=O) groups excluding carboxylic acids is 1. The Morgan fingerprint density at radius 1 is 0.600 bits per heavy atom. The van der Waals surface area contributed by atoms with E-state index in [1.807, 2.05) is 13.8 Å². The van der Waals surface area contributed by atoms with Crippen molar-refractivity contribution >= 4 is 5.78 Å². The van der Waals surface area contributed by atoms with Gasteiger partial charge in [-0.3, -0.25) is 4.79 Å². The first kappa shape index (κ1) is 19.3. The number of hydrogen-bond acceptors (Lipinski definition) is 5. The van der Waals surface area contributed by atoms with Gasteiger partial charge in [0.1, 0.15) is 22.9 Å². The third kappa shape index (κ3) is 3.78. The zero-order chi connectivity index (χ0) is 21.3. The molecule has 0 unspecified atom stereocenters. The second-order valence-corrected chi connectivity index (χ2v) is 7.12. The van der Waals surface area contributed by atoms with Gasteiger partial charge in [-0.15, -0.1) is 0 Å². The average Bonchev–Trinajstić information content (AvgIpc) is 2.77. The van der Waals surface area contributed by atoms with Crippen LogP contribution in [0.5, 0.6) is 11.5 Å². The molecule has 2 aromatic heterocycles. The van der Waals surface area contributed by atoms with Crippen molar-refractivity contribution in [2.24, 2.45) is 0 Å². The van der Waals surface area contributed by atoms with Crippen LogP contribution in [0.25, 0.3) is 22.5 Å². The van der Waals surface area contributed by atoms with E-state index in [4.69, 9.17) is 0 Å². The van der Waals surface area contributed by atoms with Gasteiger partial charge in [-0.05, 0) is 38.1 Å². The summed E-state index contributed by atoms with van der Waals surface area (Å²) in [5.74, 6) is 0.0856. The number of benzene rings is 2. The van der Waals surface area contributed by atoms with Gasteiger partial charge in [0.05, 0.1) is 0 Å². The lowest BCUT2D eigenvalue weighted by Crippen LogP contribution is -2.01. The average molecular weight is 396 g/mol. The molecule has 4 aromatic rings. The summed E-state index contributed by atoms with van der Waals surface area (Å²) >= 11 is 0. The Bertz CT molecular complexity index is 1130. The highest BCUT2D eigenvalue weighted by molar-refractivity contribution is 6.09. The monoisotopic (exact) mass is 396 g/mol. The number of aromatic nitrogens is 2. The van der Waals surface area contributed by atoms with Gasteiger partial charge in [0.2, 0.25) is 0 Å². The van der Waals surface area contributed by atoms with E-state index >= 15 is 0 Å². The normalized spacial score (nSPS) is 10.7. The molecular weight excluding hydrogens is 376 g/mol. The van der Waals surface area contributed by atoms with Crippen LogP contribution < -0.4 is 0 Å². The zero-order valence-electron chi connectivity index (χ0n) is 16.6. The zero-order valence-corrected chi connectivity index (χ0v) is 16.6. The fourth-order valence-electron chi connectivity index (χ4n) is 3.25. The topological polar surface area (TPSA) is 83.3 Å². The van der Waals surface area contributed by atoms with Crippen molar-refractivity contribution < 1.29 is 15.0 Å². The Morgan fingerprint density at radius 2 is 0.967 bits per heavy atom. The van der Waals surface area contributed by atoms with Gasteiger partial charge in [0.25, 0.3) is 0 Å². The van der Waals surface area contributed by atoms with E-state index in [0.29, 0.717) is 22.5 Å². The van der Waals surface area contributed by atoms with Crippen LogP contribution in [0, 0.1) is 13.8 Å². The van der Waals surface area contributed by atoms with Gasteiger partial charge in [-0.1, -0.05) is 48.5 Å². The maximum absolute atomic E-state index is 12.9. The molecule has 0 amide bonds. The summed E-state index contributed by atoms with van der Waals surface area (Å²) in [6, 6.07) is 20.7. The molecule has 0 fully saturated rings. The van der Waals surface area contributed by atoms with Crippen molar-refractivity contribution in [3.63, 3.8) is 0 Å². The van der Waals surface area contributed by atoms with E-state index in [0.717, 1.165) is 22.5 Å². The van der Waals surface area contributed by atoms with Crippen LogP contribution in [0.1, 0.15) is 27.3 Å². The summed E-state index contributed by atoms with van der Waals surface area (Å²) in [6.45, 7) is 3.72. The van der Waals surface area contributed by atoms with Crippen molar-refractivity contribution in [3.8, 4) is 34.0 Å². The highest BCUT2D eigenvalue weighted by Crippen LogP contribution is 2.29. The summed E-state index contributed by atoms with van der Waals surface area (Å²) in [5, 5.41) is 20.1. The molecular formula is C25H20N2O3. The molecule has 148 valence electrons. The third-order valence-corrected chi connectivity index (χ3v) is 4.87. The minimum absolute atomic E-state index is 0.100. The molecule has 5 heteroatoms. The first-order chi connectivity index (χ1) is 14.4. The standard InChI is InChI=1S/C25H20N2O3/c1-15-3-13-21(28)23(26-15)17-5-9-19(10-6-17)25(30)20-11-7-18(8-12-20)24-22(29)14-4-16(2)27-24/h3-14,28-29H,1-2H3. The van der Waals surface area contributed by atoms with Crippen molar-refractivity contribution in [1.29, 1.82) is 0 Å². The Morgan fingerprint density at radius 3 is 1.33 bits per heavy atom. The number of aromatic hydroxyl groups is 2. The van der Waals surface area contributed by atoms with Crippen LogP contribution >= 0.6 is 0 Å². The number of carbonyl (C=O) groups is 1. The van der Waals surface area contributed by atoms with E-state index in [9.17, 15) is 15.0 Å². The van der Waals surface area contributed by atoms with Crippen LogP contribution in [0.4, 0.5) is 0 Å². The van der Waals surface area contributed by atoms with Crippen molar-refractivity contribution in [2.45, 2.75) is 13.8 Å². The lowest BCUT2D eigenvalue weighted by Gasteiger charge is -2.08. The molecule has 0 saturated carbocycles. The van der Waals surface area contributed by atoms with E-state index in [2.05, 4.69) is 9.97 Å². The summed E-state index contributed by atoms with van der Waals surface area (Å²) in [7, 11) is 0. The minimum Gasteiger partial charge on any atom is -0.506 e. The molecule has 5 nitrogen and oxygen atoms in total. The second-order valence-electron chi connectivity index (χ2n) is 7.12. The molecule has 0 bridgehead atoms. The predicted molar refractivity (Wildman–Crippen MR) is 116 cm³/mol. The second kappa shape index (κ2) is 7.79. The lowest BCUT2D eigenvalue weighted by atomic mass is 9.99. The van der Waals surface area contributed by atoms with Crippen LogP contribution in [0.3, 0.4) is 0 Å². The van der Waals surface area contributed by atoms with Crippen LogP contribution in [-0.4, -0.2) is 26.0 Å². The van der Waals surface area contributed by atoms with Gasteiger partial charge < -0.3 is 10.2 Å². The van der Waals surface area contributed by atoms with Crippen molar-refractivity contribution in [2.75, 3.05) is 0 Å². The van der Waals surface area contributed by atoms with Gasteiger partial charge in [-0.25, -0.2) is 9.97 Å². The minimum atomic E-state index is -0.115. The third-order valence-electron chi connectivity index (χ3n) is 4.87. The molecule has 0 atom stereocenters. The van der Waals surface area contributed by atoms with Crippen molar-refractivity contribution in [3.05, 3.63) is 95.3 Å². The maximum Gasteiger partial charge on any atom is 0.193 e. The fourth-order valence-corrected chi connectivity index (χ4v) is 3.25. The molecule has 0 aliphatic heterocycles. The van der Waals surface area contributed by atoms with Crippen molar-refractivity contribution in [1.82, 2.24) is 9.97 Å². The molecule has 0 spiro atoms. The first-order valence-electron chi connectivity index (χ1n) is 9.51. The SMILES string of the molecule is Cc1ccc(O)c(-c2ccc(C(=O)c3ccc(-c4nc(C)ccc4O)cc3)cc2)n1. The number of ketones is 1. The number of rotatable bonds is 4. The Labute approximate surface area is 174 Å². The van der Waals surface area contributed by atoms with Gasteiger partial charge in [-0.2, -0.15) is 0 Å². The van der Waals surface area contributed by atoms with E-state index in [-0.39, 0.29) is 17.3 Å². The summed E-state index contributed by atoms with van der Waals surface area (Å²) in [5.41, 5.74) is 5.14. The maximum atomic E-state index is 12.9. The van der Waals surface area contributed by atoms with Gasteiger partial charge in [0.15, 0.2) is 5.78 Å². The molecule has 0 aliphatic rings. The van der Waals surface area contributed by atoms with Crippen LogP contribution in [-0.2, 0) is 0 Å². The highest BCUT2D eigenvalue weighted by Gasteiger charge is 2.13. The predicted octanol–water partition coefficient (Wildman–Crippen LogP) is 5.07. The number of hydrogen-bond donors (Lipinski definition) is 2. The Balaban J connectivity index is 1.59. The van der Waals surface area contributed by atoms with Gasteiger partial charge in [0, 0.05) is 33.6 Å². The largest absolute Gasteiger partial charge is 0.506 e. The molecule has 4 rings (SSSR count). The van der Waals surface area contributed by atoms with Gasteiger partial charge >= 0.3 is 0 Å².